The zero-order valence-corrected chi connectivity index (χ0v) is 18.9. The van der Waals surface area contributed by atoms with Crippen LogP contribution in [0.1, 0.15) is 11.1 Å². The summed E-state index contributed by atoms with van der Waals surface area (Å²) in [7, 11) is -3.55. The van der Waals surface area contributed by atoms with Gasteiger partial charge < -0.3 is 14.7 Å². The Kier molecular flexibility index (Phi) is 6.83. The molecule has 0 amide bonds. The van der Waals surface area contributed by atoms with Gasteiger partial charge in [-0.3, -0.25) is 0 Å². The Balaban J connectivity index is 1.46. The summed E-state index contributed by atoms with van der Waals surface area (Å²) in [6.07, 6.45) is -4.07. The number of ether oxygens (including phenoxy) is 1. The zero-order chi connectivity index (χ0) is 24.3. The first-order valence-corrected chi connectivity index (χ1v) is 12.2. The number of aliphatic hydroxyl groups excluding tert-OH is 1. The molecule has 1 aliphatic rings. The molecule has 180 valence electrons. The van der Waals surface area contributed by atoms with Crippen LogP contribution < -0.4 is 14.4 Å². The summed E-state index contributed by atoms with van der Waals surface area (Å²) < 4.78 is 64.3. The molecule has 0 unspecified atom stereocenters. The fraction of sp³-hybridized carbons (Fsp3) is 0.250. The van der Waals surface area contributed by atoms with E-state index in [4.69, 9.17) is 4.78 Å². The van der Waals surface area contributed by atoms with Gasteiger partial charge >= 0.3 is 6.36 Å². The van der Waals surface area contributed by atoms with E-state index in [2.05, 4.69) is 21.6 Å². The molecule has 10 heteroatoms. The van der Waals surface area contributed by atoms with Crippen LogP contribution in [0.25, 0.3) is 0 Å². The van der Waals surface area contributed by atoms with Crippen LogP contribution in [-0.2, 0) is 22.8 Å². The van der Waals surface area contributed by atoms with Gasteiger partial charge in [0.2, 0.25) is 0 Å². The van der Waals surface area contributed by atoms with Crippen LogP contribution in [0.15, 0.2) is 77.7 Å². The third-order valence-electron chi connectivity index (χ3n) is 5.53. The molecule has 1 aliphatic heterocycles. The third-order valence-corrected chi connectivity index (χ3v) is 7.04. The van der Waals surface area contributed by atoms with Crippen molar-refractivity contribution < 1.29 is 27.2 Å². The van der Waals surface area contributed by atoms with Crippen LogP contribution in [0.2, 0.25) is 0 Å². The smallest absolute Gasteiger partial charge is 0.406 e. The largest absolute Gasteiger partial charge is 0.573 e. The standard InChI is InChI=1S/C24H24F3N3O3S/c25-24(26,27)33-20-11-13-21(14-12-20)34(28,32)29-15-19(31)16-30-22-7-3-1-5-17(22)9-10-18-6-2-4-8-23(18)30/h1-8,11-14,19,31H,9-10,15-16H2,(H2,28,29,32)/t19-,34-/m0/s1. The van der Waals surface area contributed by atoms with Crippen LogP contribution in [0.4, 0.5) is 24.5 Å². The third kappa shape index (κ3) is 5.69. The summed E-state index contributed by atoms with van der Waals surface area (Å²) in [5, 5.41) is 10.8. The van der Waals surface area contributed by atoms with Crippen molar-refractivity contribution in [1.82, 2.24) is 4.72 Å². The molecule has 0 radical (unpaired) electrons. The van der Waals surface area contributed by atoms with Crippen molar-refractivity contribution in [3.8, 4) is 5.75 Å². The SMILES string of the molecule is N=[S@](=O)(NC[C@H](O)CN1c2ccccc2CCc2ccccc21)c1ccc(OC(F)(F)F)cc1. The predicted molar refractivity (Wildman–Crippen MR) is 124 cm³/mol. The number of anilines is 2. The molecule has 0 spiro atoms. The van der Waals surface area contributed by atoms with Crippen molar-refractivity contribution in [1.29, 1.82) is 4.78 Å². The molecule has 1 heterocycles. The van der Waals surface area contributed by atoms with E-state index < -0.39 is 28.1 Å². The second-order valence-electron chi connectivity index (χ2n) is 7.95. The molecule has 0 bridgehead atoms. The maximum Gasteiger partial charge on any atom is 0.573 e. The first-order chi connectivity index (χ1) is 16.1. The van der Waals surface area contributed by atoms with Gasteiger partial charge in [0.1, 0.15) is 15.7 Å². The van der Waals surface area contributed by atoms with Gasteiger partial charge in [-0.15, -0.1) is 13.2 Å². The molecule has 4 rings (SSSR count). The summed E-state index contributed by atoms with van der Waals surface area (Å²) in [6, 6.07) is 20.2. The van der Waals surface area contributed by atoms with Crippen LogP contribution in [-0.4, -0.2) is 34.9 Å². The average molecular weight is 492 g/mol. The molecule has 0 aromatic heterocycles. The lowest BCUT2D eigenvalue weighted by Crippen LogP contribution is -2.38. The lowest BCUT2D eigenvalue weighted by Gasteiger charge is -2.29. The summed E-state index contributed by atoms with van der Waals surface area (Å²) in [5.41, 5.74) is 4.28. The quantitative estimate of drug-likeness (QED) is 0.444. The molecule has 0 fully saturated rings. The predicted octanol–water partition coefficient (Wildman–Crippen LogP) is 4.79. The van der Waals surface area contributed by atoms with E-state index in [-0.39, 0.29) is 18.0 Å². The monoisotopic (exact) mass is 491 g/mol. The number of β-amino-alcohol motifs (C(OH)–C–C–N with tert-alkyl or cyclic N) is 1. The molecule has 3 aromatic rings. The molecule has 0 saturated heterocycles. The van der Waals surface area contributed by atoms with E-state index in [1.54, 1.807) is 0 Å². The topological polar surface area (TPSA) is 85.7 Å². The first kappa shape index (κ1) is 24.1. The minimum Gasteiger partial charge on any atom is -0.406 e. The van der Waals surface area contributed by atoms with Gasteiger partial charge in [-0.1, -0.05) is 36.4 Å². The maximum atomic E-state index is 12.8. The van der Waals surface area contributed by atoms with Crippen molar-refractivity contribution in [2.75, 3.05) is 18.0 Å². The number of alkyl halides is 3. The van der Waals surface area contributed by atoms with Gasteiger partial charge in [0, 0.05) is 17.9 Å². The number of aliphatic hydroxyl groups is 1. The Hall–Kier alpha value is -3.08. The van der Waals surface area contributed by atoms with Crippen LogP contribution in [0.5, 0.6) is 5.75 Å². The number of halogens is 3. The van der Waals surface area contributed by atoms with Crippen LogP contribution >= 0.6 is 0 Å². The van der Waals surface area contributed by atoms with E-state index in [0.717, 1.165) is 59.6 Å². The van der Waals surface area contributed by atoms with Crippen molar-refractivity contribution in [3.05, 3.63) is 83.9 Å². The van der Waals surface area contributed by atoms with E-state index >= 15 is 0 Å². The fourth-order valence-corrected chi connectivity index (χ4v) is 5.09. The lowest BCUT2D eigenvalue weighted by atomic mass is 10.0. The average Bonchev–Trinajstić information content (AvgIpc) is 2.95. The van der Waals surface area contributed by atoms with Crippen LogP contribution in [0.3, 0.4) is 0 Å². The van der Waals surface area contributed by atoms with Gasteiger partial charge in [-0.2, -0.15) is 0 Å². The Morgan fingerprint density at radius 3 is 2.03 bits per heavy atom. The Labute approximate surface area is 196 Å². The number of para-hydroxylation sites is 2. The molecule has 6 nitrogen and oxygen atoms in total. The Bertz CT molecular complexity index is 1200. The number of aryl methyl sites for hydroxylation is 2. The Morgan fingerprint density at radius 1 is 0.971 bits per heavy atom. The van der Waals surface area contributed by atoms with Gasteiger partial charge in [0.25, 0.3) is 0 Å². The highest BCUT2D eigenvalue weighted by atomic mass is 32.2. The number of hydrogen-bond donors (Lipinski definition) is 3. The minimum absolute atomic E-state index is 0.0142. The molecule has 3 aromatic carbocycles. The highest BCUT2D eigenvalue weighted by Crippen LogP contribution is 2.36. The minimum atomic E-state index is -4.84. The highest BCUT2D eigenvalue weighted by Gasteiger charge is 2.31. The number of nitrogens with zero attached hydrogens (tertiary/aromatic N) is 1. The number of benzene rings is 3. The van der Waals surface area contributed by atoms with E-state index in [1.807, 2.05) is 41.3 Å². The van der Waals surface area contributed by atoms with E-state index in [1.165, 1.54) is 0 Å². The first-order valence-electron chi connectivity index (χ1n) is 10.6. The summed E-state index contributed by atoms with van der Waals surface area (Å²) in [6.45, 7) is 0.0544. The molecular weight excluding hydrogens is 467 g/mol. The zero-order valence-electron chi connectivity index (χ0n) is 18.1. The molecule has 0 aliphatic carbocycles. The van der Waals surface area contributed by atoms with E-state index in [0.29, 0.717) is 0 Å². The molecular formula is C24H24F3N3O3S. The van der Waals surface area contributed by atoms with Crippen LogP contribution in [0, 0.1) is 4.78 Å². The van der Waals surface area contributed by atoms with Crippen molar-refractivity contribution >= 4 is 21.3 Å². The number of nitrogens with one attached hydrogen (secondary N) is 2. The van der Waals surface area contributed by atoms with Crippen molar-refractivity contribution in [2.24, 2.45) is 0 Å². The van der Waals surface area contributed by atoms with E-state index in [9.17, 15) is 22.5 Å². The molecule has 3 N–H and O–H groups in total. The number of fused-ring (bicyclic) bond motifs is 2. The lowest BCUT2D eigenvalue weighted by molar-refractivity contribution is -0.274. The normalized spacial score (nSPS) is 16.1. The fourth-order valence-electron chi connectivity index (χ4n) is 3.97. The summed E-state index contributed by atoms with van der Waals surface area (Å²) in [5.74, 6) is -0.468. The van der Waals surface area contributed by atoms with Crippen molar-refractivity contribution in [3.63, 3.8) is 0 Å². The molecule has 0 saturated carbocycles. The maximum absolute atomic E-state index is 12.8. The van der Waals surface area contributed by atoms with Gasteiger partial charge in [-0.25, -0.2) is 13.7 Å². The second kappa shape index (κ2) is 9.65. The Morgan fingerprint density at radius 2 is 1.50 bits per heavy atom. The number of rotatable bonds is 7. The number of hydrogen-bond acceptors (Lipinski definition) is 5. The van der Waals surface area contributed by atoms with Gasteiger partial charge in [0.05, 0.1) is 17.5 Å². The molecule has 34 heavy (non-hydrogen) atoms. The summed E-state index contributed by atoms with van der Waals surface area (Å²) >= 11 is 0. The summed E-state index contributed by atoms with van der Waals surface area (Å²) in [4.78, 5) is 2.01. The molecule has 2 atom stereocenters. The van der Waals surface area contributed by atoms with Gasteiger partial charge in [0.15, 0.2) is 0 Å². The van der Waals surface area contributed by atoms with Crippen molar-refractivity contribution in [2.45, 2.75) is 30.2 Å². The van der Waals surface area contributed by atoms with Gasteiger partial charge in [-0.05, 0) is 60.4 Å². The second-order valence-corrected chi connectivity index (χ2v) is 9.82. The highest BCUT2D eigenvalue weighted by molar-refractivity contribution is 7.90.